The Morgan fingerprint density at radius 3 is 2.89 bits per heavy atom. The molecule has 0 radical (unpaired) electrons. The number of para-hydroxylation sites is 1. The molecule has 2 heterocycles. The van der Waals surface area contributed by atoms with Gasteiger partial charge in [-0.3, -0.25) is 0 Å². The maximum Gasteiger partial charge on any atom is 0.180 e. The van der Waals surface area contributed by atoms with Crippen LogP contribution in [0.1, 0.15) is 42.9 Å². The second-order valence-electron chi connectivity index (χ2n) is 7.67. The molecule has 1 fully saturated rings. The van der Waals surface area contributed by atoms with Gasteiger partial charge in [0.15, 0.2) is 5.13 Å². The number of rotatable bonds is 6. The van der Waals surface area contributed by atoms with Gasteiger partial charge in [0.2, 0.25) is 0 Å². The minimum atomic E-state index is 0.380. The van der Waals surface area contributed by atoms with Crippen molar-refractivity contribution in [3.63, 3.8) is 0 Å². The summed E-state index contributed by atoms with van der Waals surface area (Å²) in [6.45, 7) is 2.46. The molecule has 6 heteroatoms. The van der Waals surface area contributed by atoms with Crippen LogP contribution in [0.2, 0.25) is 0 Å². The Kier molecular flexibility index (Phi) is 5.95. The van der Waals surface area contributed by atoms with Crippen molar-refractivity contribution in [3.05, 3.63) is 29.1 Å². The third-order valence-electron chi connectivity index (χ3n) is 5.83. The summed E-state index contributed by atoms with van der Waals surface area (Å²) in [5.41, 5.74) is 8.20. The largest absolute Gasteiger partial charge is 0.492 e. The Bertz CT molecular complexity index is 756. The van der Waals surface area contributed by atoms with Crippen LogP contribution >= 0.6 is 11.3 Å². The fraction of sp³-hybridized carbons (Fsp3) is 0.571. The van der Waals surface area contributed by atoms with Gasteiger partial charge in [0.25, 0.3) is 0 Å². The molecule has 0 amide bonds. The monoisotopic (exact) mass is 387 g/mol. The predicted octanol–water partition coefficient (Wildman–Crippen LogP) is 4.05. The second kappa shape index (κ2) is 8.59. The van der Waals surface area contributed by atoms with E-state index in [-0.39, 0.29) is 0 Å². The highest BCUT2D eigenvalue weighted by Gasteiger charge is 2.30. The van der Waals surface area contributed by atoms with Gasteiger partial charge in [-0.2, -0.15) is 0 Å². The molecule has 146 valence electrons. The molecule has 1 aliphatic heterocycles. The van der Waals surface area contributed by atoms with Gasteiger partial charge in [-0.25, -0.2) is 4.98 Å². The fourth-order valence-electron chi connectivity index (χ4n) is 4.42. The molecule has 0 saturated heterocycles. The highest BCUT2D eigenvalue weighted by molar-refractivity contribution is 7.16. The molecule has 1 aliphatic carbocycles. The normalized spacial score (nSPS) is 24.6. The Morgan fingerprint density at radius 1 is 1.26 bits per heavy atom. The summed E-state index contributed by atoms with van der Waals surface area (Å²) in [4.78, 5) is 5.95. The average Bonchev–Trinajstić information content (AvgIpc) is 3.02. The molecule has 2 aromatic rings. The summed E-state index contributed by atoms with van der Waals surface area (Å²) in [6.07, 6.45) is 6.21. The van der Waals surface area contributed by atoms with Gasteiger partial charge in [-0.15, -0.1) is 11.3 Å². The zero-order chi connectivity index (χ0) is 18.6. The highest BCUT2D eigenvalue weighted by Crippen LogP contribution is 2.45. The van der Waals surface area contributed by atoms with Crippen LogP contribution in [0.4, 0.5) is 5.13 Å². The van der Waals surface area contributed by atoms with E-state index < -0.39 is 0 Å². The number of ether oxygens (including phenoxy) is 2. The molecule has 1 aromatic heterocycles. The minimum Gasteiger partial charge on any atom is -0.492 e. The number of anilines is 1. The van der Waals surface area contributed by atoms with Crippen molar-refractivity contribution in [1.29, 1.82) is 0 Å². The molecule has 1 unspecified atom stereocenters. The molecule has 2 aliphatic rings. The fourth-order valence-corrected chi connectivity index (χ4v) is 5.36. The lowest BCUT2D eigenvalue weighted by molar-refractivity contribution is 0.185. The Hall–Kier alpha value is -1.63. The predicted molar refractivity (Wildman–Crippen MR) is 110 cm³/mol. The number of nitrogens with one attached hydrogen (secondary N) is 1. The number of methoxy groups -OCH3 is 1. The number of hydrogen-bond donors (Lipinski definition) is 2. The zero-order valence-electron chi connectivity index (χ0n) is 15.9. The van der Waals surface area contributed by atoms with Crippen LogP contribution in [0.3, 0.4) is 0 Å². The standard InChI is InChI=1S/C21H29N3O2S/c1-25-11-10-23-16-8-6-14(7-9-16)12-15-13-26-18-5-3-2-4-17(18)19-20(15)27-21(22)24-19/h2-5,14-16,23H,6-13H2,1H3,(H2,22,24). The molecule has 27 heavy (non-hydrogen) atoms. The summed E-state index contributed by atoms with van der Waals surface area (Å²) in [5, 5.41) is 4.27. The number of nitrogens with two attached hydrogens (primary N) is 1. The second-order valence-corrected chi connectivity index (χ2v) is 8.73. The van der Waals surface area contributed by atoms with Crippen LogP contribution < -0.4 is 15.8 Å². The van der Waals surface area contributed by atoms with Crippen molar-refractivity contribution in [1.82, 2.24) is 10.3 Å². The van der Waals surface area contributed by atoms with Gasteiger partial charge in [-0.05, 0) is 50.2 Å². The summed E-state index contributed by atoms with van der Waals surface area (Å²) >= 11 is 1.64. The minimum absolute atomic E-state index is 0.380. The van der Waals surface area contributed by atoms with Gasteiger partial charge in [0.05, 0.1) is 18.9 Å². The van der Waals surface area contributed by atoms with E-state index in [1.807, 2.05) is 18.2 Å². The number of fused-ring (bicyclic) bond motifs is 3. The molecule has 4 rings (SSSR count). The Labute approximate surface area is 165 Å². The van der Waals surface area contributed by atoms with E-state index >= 15 is 0 Å². The molecule has 0 spiro atoms. The molecular formula is C21H29N3O2S. The first kappa shape index (κ1) is 18.7. The van der Waals surface area contributed by atoms with E-state index in [4.69, 9.17) is 15.2 Å². The topological polar surface area (TPSA) is 69.4 Å². The van der Waals surface area contributed by atoms with E-state index in [1.165, 1.54) is 30.6 Å². The van der Waals surface area contributed by atoms with E-state index in [2.05, 4.69) is 16.4 Å². The molecule has 3 N–H and O–H groups in total. The van der Waals surface area contributed by atoms with Crippen LogP contribution in [-0.4, -0.2) is 37.9 Å². The number of nitrogen functional groups attached to an aromatic ring is 1. The van der Waals surface area contributed by atoms with E-state index in [0.29, 0.717) is 17.1 Å². The maximum atomic E-state index is 6.17. The summed E-state index contributed by atoms with van der Waals surface area (Å²) in [7, 11) is 1.76. The summed E-state index contributed by atoms with van der Waals surface area (Å²) in [5.74, 6) is 2.05. The number of aromatic nitrogens is 1. The lowest BCUT2D eigenvalue weighted by Gasteiger charge is -2.31. The van der Waals surface area contributed by atoms with E-state index in [9.17, 15) is 0 Å². The van der Waals surface area contributed by atoms with Crippen LogP contribution in [-0.2, 0) is 4.74 Å². The van der Waals surface area contributed by atoms with Crippen LogP contribution in [0.15, 0.2) is 24.3 Å². The summed E-state index contributed by atoms with van der Waals surface area (Å²) in [6, 6.07) is 8.83. The lowest BCUT2D eigenvalue weighted by Crippen LogP contribution is -2.35. The first-order chi connectivity index (χ1) is 13.2. The van der Waals surface area contributed by atoms with Gasteiger partial charge >= 0.3 is 0 Å². The number of benzene rings is 1. The van der Waals surface area contributed by atoms with Crippen LogP contribution in [0.5, 0.6) is 5.75 Å². The zero-order valence-corrected chi connectivity index (χ0v) is 16.8. The molecule has 1 atom stereocenters. The first-order valence-corrected chi connectivity index (χ1v) is 10.8. The van der Waals surface area contributed by atoms with E-state index in [1.54, 1.807) is 18.4 Å². The third kappa shape index (κ3) is 4.28. The highest BCUT2D eigenvalue weighted by atomic mass is 32.1. The number of hydrogen-bond acceptors (Lipinski definition) is 6. The quantitative estimate of drug-likeness (QED) is 0.732. The summed E-state index contributed by atoms with van der Waals surface area (Å²) < 4.78 is 11.3. The first-order valence-electron chi connectivity index (χ1n) is 9.95. The lowest BCUT2D eigenvalue weighted by atomic mass is 9.80. The van der Waals surface area contributed by atoms with E-state index in [0.717, 1.165) is 49.1 Å². The molecular weight excluding hydrogens is 358 g/mol. The Morgan fingerprint density at radius 2 is 2.07 bits per heavy atom. The van der Waals surface area contributed by atoms with Gasteiger partial charge in [0.1, 0.15) is 5.75 Å². The van der Waals surface area contributed by atoms with Gasteiger partial charge < -0.3 is 20.5 Å². The third-order valence-corrected chi connectivity index (χ3v) is 6.87. The van der Waals surface area contributed by atoms with Crippen LogP contribution in [0.25, 0.3) is 11.3 Å². The van der Waals surface area contributed by atoms with Crippen molar-refractivity contribution < 1.29 is 9.47 Å². The SMILES string of the molecule is COCCNC1CCC(CC2COc3ccccc3-c3nc(N)sc32)CC1. The average molecular weight is 388 g/mol. The maximum absolute atomic E-state index is 6.17. The molecule has 1 saturated carbocycles. The van der Waals surface area contributed by atoms with Gasteiger partial charge in [0, 0.05) is 36.1 Å². The number of thiazole rings is 1. The molecule has 5 nitrogen and oxygen atoms in total. The van der Waals surface area contributed by atoms with Crippen LogP contribution in [0, 0.1) is 5.92 Å². The van der Waals surface area contributed by atoms with Crippen molar-refractivity contribution >= 4 is 16.5 Å². The molecule has 1 aromatic carbocycles. The Balaban J connectivity index is 1.42. The molecule has 0 bridgehead atoms. The van der Waals surface area contributed by atoms with Gasteiger partial charge in [-0.1, -0.05) is 12.1 Å². The van der Waals surface area contributed by atoms with Crippen molar-refractivity contribution in [2.75, 3.05) is 32.6 Å². The number of nitrogens with zero attached hydrogens (tertiary/aromatic N) is 1. The van der Waals surface area contributed by atoms with Crippen molar-refractivity contribution in [3.8, 4) is 17.0 Å². The smallest absolute Gasteiger partial charge is 0.180 e. The van der Waals surface area contributed by atoms with Crippen molar-refractivity contribution in [2.24, 2.45) is 5.92 Å². The van der Waals surface area contributed by atoms with Crippen molar-refractivity contribution in [2.45, 2.75) is 44.1 Å².